The van der Waals surface area contributed by atoms with Crippen LogP contribution in [0, 0.1) is 0 Å². The van der Waals surface area contributed by atoms with Gasteiger partial charge in [-0.15, -0.1) is 11.8 Å². The molecule has 0 aromatic heterocycles. The fourth-order valence-corrected chi connectivity index (χ4v) is 2.94. The molecule has 1 aromatic carbocycles. The zero-order chi connectivity index (χ0) is 15.4. The Hall–Kier alpha value is -1.53. The number of hydrogen-bond donors (Lipinski definition) is 1. The van der Waals surface area contributed by atoms with E-state index in [0.717, 1.165) is 5.56 Å². The molecule has 1 aliphatic rings. The van der Waals surface area contributed by atoms with Gasteiger partial charge in [0.05, 0.1) is 5.75 Å². The number of piperazine rings is 1. The number of thioether (sulfide) groups is 1. The van der Waals surface area contributed by atoms with Crippen molar-refractivity contribution in [1.82, 2.24) is 10.2 Å². The molecule has 21 heavy (non-hydrogen) atoms. The topological polar surface area (TPSA) is 66.5 Å². The third kappa shape index (κ3) is 4.22. The van der Waals surface area contributed by atoms with Crippen LogP contribution in [0.15, 0.2) is 24.3 Å². The first-order valence-corrected chi connectivity index (χ1v) is 7.96. The summed E-state index contributed by atoms with van der Waals surface area (Å²) in [6.07, 6.45) is 0. The number of carbonyl (C=O) groups is 3. The number of nitrogens with one attached hydrogen (secondary N) is 1. The zero-order valence-electron chi connectivity index (χ0n) is 11.5. The smallest absolute Gasteiger partial charge is 0.249 e. The molecule has 1 aromatic rings. The summed E-state index contributed by atoms with van der Waals surface area (Å²) in [5.41, 5.74) is 1.07. The van der Waals surface area contributed by atoms with E-state index in [4.69, 9.17) is 11.6 Å². The molecule has 1 saturated heterocycles. The first kappa shape index (κ1) is 15.9. The average Bonchev–Trinajstić information content (AvgIpc) is 2.44. The molecule has 112 valence electrons. The summed E-state index contributed by atoms with van der Waals surface area (Å²) >= 11 is 7.24. The van der Waals surface area contributed by atoms with Crippen LogP contribution >= 0.6 is 23.4 Å². The van der Waals surface area contributed by atoms with Crippen molar-refractivity contribution in [2.45, 2.75) is 18.7 Å². The van der Waals surface area contributed by atoms with Crippen molar-refractivity contribution in [1.29, 1.82) is 0 Å². The van der Waals surface area contributed by atoms with Gasteiger partial charge in [-0.2, -0.15) is 0 Å². The molecule has 0 aliphatic carbocycles. The Morgan fingerprint density at radius 1 is 1.38 bits per heavy atom. The highest BCUT2D eigenvalue weighted by Gasteiger charge is 2.33. The number of imide groups is 1. The van der Waals surface area contributed by atoms with Gasteiger partial charge < -0.3 is 4.90 Å². The van der Waals surface area contributed by atoms with Crippen LogP contribution in [-0.4, -0.2) is 41.0 Å². The Kier molecular flexibility index (Phi) is 5.25. The number of rotatable bonds is 4. The van der Waals surface area contributed by atoms with Crippen LogP contribution in [0.3, 0.4) is 0 Å². The summed E-state index contributed by atoms with van der Waals surface area (Å²) in [6, 6.07) is 6.80. The molecule has 0 radical (unpaired) electrons. The summed E-state index contributed by atoms with van der Waals surface area (Å²) in [4.78, 5) is 36.2. The van der Waals surface area contributed by atoms with Crippen molar-refractivity contribution in [3.63, 3.8) is 0 Å². The van der Waals surface area contributed by atoms with Gasteiger partial charge in [-0.25, -0.2) is 0 Å². The number of benzene rings is 1. The van der Waals surface area contributed by atoms with E-state index in [1.807, 2.05) is 12.1 Å². The van der Waals surface area contributed by atoms with E-state index >= 15 is 0 Å². The SMILES string of the molecule is CC1C(=O)NC(=O)CN1C(=O)CSCc1ccc(Cl)cc1. The molecule has 1 atom stereocenters. The van der Waals surface area contributed by atoms with Gasteiger partial charge in [0, 0.05) is 10.8 Å². The molecule has 1 fully saturated rings. The number of amides is 3. The molecule has 1 aliphatic heterocycles. The monoisotopic (exact) mass is 326 g/mol. The molecule has 0 bridgehead atoms. The summed E-state index contributed by atoms with van der Waals surface area (Å²) in [5, 5.41) is 2.88. The quantitative estimate of drug-likeness (QED) is 0.850. The third-order valence-corrected chi connectivity index (χ3v) is 4.39. The lowest BCUT2D eigenvalue weighted by molar-refractivity contribution is -0.148. The first-order chi connectivity index (χ1) is 9.97. The molecule has 2 rings (SSSR count). The van der Waals surface area contributed by atoms with Gasteiger partial charge in [-0.3, -0.25) is 19.7 Å². The van der Waals surface area contributed by atoms with Crippen molar-refractivity contribution >= 4 is 41.1 Å². The largest absolute Gasteiger partial charge is 0.321 e. The fraction of sp³-hybridized carbons (Fsp3) is 0.357. The number of halogens is 1. The van der Waals surface area contributed by atoms with Gasteiger partial charge in [0.15, 0.2) is 0 Å². The lowest BCUT2D eigenvalue weighted by Crippen LogP contribution is -2.59. The fourth-order valence-electron chi connectivity index (χ4n) is 1.94. The van der Waals surface area contributed by atoms with Crippen molar-refractivity contribution in [3.8, 4) is 0 Å². The van der Waals surface area contributed by atoms with Crippen molar-refractivity contribution in [2.24, 2.45) is 0 Å². The normalized spacial score (nSPS) is 18.6. The van der Waals surface area contributed by atoms with E-state index in [9.17, 15) is 14.4 Å². The first-order valence-electron chi connectivity index (χ1n) is 6.42. The number of nitrogens with zero attached hydrogens (tertiary/aromatic N) is 1. The lowest BCUT2D eigenvalue weighted by atomic mass is 10.2. The number of carbonyl (C=O) groups excluding carboxylic acids is 3. The minimum atomic E-state index is -0.605. The second kappa shape index (κ2) is 6.95. The molecule has 1 N–H and O–H groups in total. The van der Waals surface area contributed by atoms with E-state index in [-0.39, 0.29) is 18.2 Å². The van der Waals surface area contributed by atoms with Crippen LogP contribution < -0.4 is 5.32 Å². The summed E-state index contributed by atoms with van der Waals surface area (Å²) in [6.45, 7) is 1.55. The molecular weight excluding hydrogens is 312 g/mol. The Labute approximate surface area is 132 Å². The third-order valence-electron chi connectivity index (χ3n) is 3.15. The summed E-state index contributed by atoms with van der Waals surface area (Å²) in [5.74, 6) is -0.167. The van der Waals surface area contributed by atoms with Gasteiger partial charge in [0.25, 0.3) is 0 Å². The van der Waals surface area contributed by atoms with E-state index in [1.54, 1.807) is 19.1 Å². The van der Waals surface area contributed by atoms with Crippen molar-refractivity contribution in [2.75, 3.05) is 12.3 Å². The zero-order valence-corrected chi connectivity index (χ0v) is 13.0. The van der Waals surface area contributed by atoms with Crippen LogP contribution in [0.2, 0.25) is 5.02 Å². The van der Waals surface area contributed by atoms with Gasteiger partial charge in [0.2, 0.25) is 17.7 Å². The Bertz CT molecular complexity index is 562. The maximum Gasteiger partial charge on any atom is 0.249 e. The molecule has 1 heterocycles. The highest BCUT2D eigenvalue weighted by Crippen LogP contribution is 2.16. The molecule has 0 spiro atoms. The molecule has 3 amide bonds. The van der Waals surface area contributed by atoms with Crippen molar-refractivity contribution < 1.29 is 14.4 Å². The molecule has 7 heteroatoms. The van der Waals surface area contributed by atoms with Crippen LogP contribution in [-0.2, 0) is 20.1 Å². The van der Waals surface area contributed by atoms with Gasteiger partial charge in [0.1, 0.15) is 12.6 Å². The minimum absolute atomic E-state index is 0.0623. The van der Waals surface area contributed by atoms with Crippen LogP contribution in [0.4, 0.5) is 0 Å². The van der Waals surface area contributed by atoms with Crippen LogP contribution in [0.25, 0.3) is 0 Å². The minimum Gasteiger partial charge on any atom is -0.321 e. The number of hydrogen-bond acceptors (Lipinski definition) is 4. The van der Waals surface area contributed by atoms with E-state index in [2.05, 4.69) is 5.32 Å². The standard InChI is InChI=1S/C14H15ClN2O3S/c1-9-14(20)16-12(18)6-17(9)13(19)8-21-7-10-2-4-11(15)5-3-10/h2-5,9H,6-8H2,1H3,(H,16,18,20). The van der Waals surface area contributed by atoms with E-state index in [1.165, 1.54) is 16.7 Å². The molecular formula is C14H15ClN2O3S. The van der Waals surface area contributed by atoms with Gasteiger partial charge in [-0.1, -0.05) is 23.7 Å². The predicted octanol–water partition coefficient (Wildman–Crippen LogP) is 1.45. The molecule has 1 unspecified atom stereocenters. The second-order valence-corrected chi connectivity index (χ2v) is 6.15. The average molecular weight is 327 g/mol. The van der Waals surface area contributed by atoms with Crippen molar-refractivity contribution in [3.05, 3.63) is 34.9 Å². The maximum atomic E-state index is 12.1. The van der Waals surface area contributed by atoms with E-state index < -0.39 is 17.9 Å². The maximum absolute atomic E-state index is 12.1. The molecule has 5 nitrogen and oxygen atoms in total. The van der Waals surface area contributed by atoms with Crippen LogP contribution in [0.1, 0.15) is 12.5 Å². The highest BCUT2D eigenvalue weighted by molar-refractivity contribution is 7.99. The van der Waals surface area contributed by atoms with E-state index in [0.29, 0.717) is 10.8 Å². The van der Waals surface area contributed by atoms with Gasteiger partial charge >= 0.3 is 0 Å². The summed E-state index contributed by atoms with van der Waals surface area (Å²) < 4.78 is 0. The Balaban J connectivity index is 1.85. The highest BCUT2D eigenvalue weighted by atomic mass is 35.5. The lowest BCUT2D eigenvalue weighted by Gasteiger charge is -2.31. The Morgan fingerprint density at radius 2 is 2.05 bits per heavy atom. The Morgan fingerprint density at radius 3 is 2.71 bits per heavy atom. The summed E-state index contributed by atoms with van der Waals surface area (Å²) in [7, 11) is 0. The molecule has 0 saturated carbocycles. The van der Waals surface area contributed by atoms with Gasteiger partial charge in [-0.05, 0) is 24.6 Å². The predicted molar refractivity (Wildman–Crippen MR) is 81.9 cm³/mol. The van der Waals surface area contributed by atoms with Crippen LogP contribution in [0.5, 0.6) is 0 Å². The second-order valence-electron chi connectivity index (χ2n) is 4.73.